The Morgan fingerprint density at radius 3 is 2.91 bits per heavy atom. The molecule has 1 aromatic carbocycles. The molecule has 0 spiro atoms. The van der Waals surface area contributed by atoms with Gasteiger partial charge in [0.1, 0.15) is 6.61 Å². The maximum atomic E-state index is 12.2. The molecule has 2 heterocycles. The number of hydrogen-bond acceptors (Lipinski definition) is 3. The molecule has 4 heteroatoms. The van der Waals surface area contributed by atoms with Crippen molar-refractivity contribution < 1.29 is 9.53 Å². The molecule has 120 valence electrons. The molecule has 1 amide bonds. The monoisotopic (exact) mass is 310 g/mol. The maximum Gasteiger partial charge on any atom is 0.410 e. The summed E-state index contributed by atoms with van der Waals surface area (Å²) in [6.45, 7) is 3.80. The number of amides is 1. The molecule has 1 aromatic rings. The highest BCUT2D eigenvalue weighted by Crippen LogP contribution is 2.23. The third-order valence-electron chi connectivity index (χ3n) is 4.24. The molecule has 4 nitrogen and oxygen atoms in total. The van der Waals surface area contributed by atoms with Crippen molar-refractivity contribution in [1.82, 2.24) is 9.80 Å². The number of benzene rings is 1. The molecule has 0 saturated carbocycles. The van der Waals surface area contributed by atoms with Crippen LogP contribution in [0.25, 0.3) is 0 Å². The molecule has 0 aliphatic carbocycles. The van der Waals surface area contributed by atoms with E-state index in [1.165, 1.54) is 5.70 Å². The molecule has 0 aromatic heterocycles. The molecule has 1 saturated heterocycles. The number of carbonyl (C=O) groups excluding carboxylic acids is 1. The fourth-order valence-electron chi connectivity index (χ4n) is 2.99. The Morgan fingerprint density at radius 2 is 2.13 bits per heavy atom. The molecular weight excluding hydrogens is 288 g/mol. The van der Waals surface area contributed by atoms with Gasteiger partial charge in [-0.05, 0) is 31.1 Å². The second-order valence-electron chi connectivity index (χ2n) is 5.75. The number of nitrogens with zero attached hydrogens (tertiary/aromatic N) is 2. The van der Waals surface area contributed by atoms with Crippen molar-refractivity contribution >= 4 is 6.09 Å². The zero-order chi connectivity index (χ0) is 16.1. The van der Waals surface area contributed by atoms with E-state index < -0.39 is 0 Å². The van der Waals surface area contributed by atoms with E-state index >= 15 is 0 Å². The zero-order valence-electron chi connectivity index (χ0n) is 13.4. The van der Waals surface area contributed by atoms with Crippen LogP contribution in [-0.2, 0) is 11.3 Å². The van der Waals surface area contributed by atoms with E-state index in [-0.39, 0.29) is 6.09 Å². The number of hydrogen-bond donors (Lipinski definition) is 0. The SMILES string of the molecule is CC=C1C=CC=CN1C1CCN(C(=O)OCc2ccccc2)C1. The molecule has 23 heavy (non-hydrogen) atoms. The lowest BCUT2D eigenvalue weighted by atomic mass is 10.1. The van der Waals surface area contributed by atoms with Crippen LogP contribution in [0.4, 0.5) is 4.79 Å². The smallest absolute Gasteiger partial charge is 0.410 e. The molecule has 0 N–H and O–H groups in total. The van der Waals surface area contributed by atoms with Crippen molar-refractivity contribution in [3.05, 3.63) is 72.1 Å². The van der Waals surface area contributed by atoms with Gasteiger partial charge in [0.25, 0.3) is 0 Å². The first-order valence-electron chi connectivity index (χ1n) is 8.03. The van der Waals surface area contributed by atoms with Crippen molar-refractivity contribution in [2.24, 2.45) is 0 Å². The number of allylic oxidation sites excluding steroid dienone is 4. The Morgan fingerprint density at radius 1 is 1.30 bits per heavy atom. The summed E-state index contributed by atoms with van der Waals surface area (Å²) in [5.41, 5.74) is 2.19. The van der Waals surface area contributed by atoms with Gasteiger partial charge in [-0.3, -0.25) is 0 Å². The molecule has 1 unspecified atom stereocenters. The lowest BCUT2D eigenvalue weighted by molar-refractivity contribution is 0.102. The third-order valence-corrected chi connectivity index (χ3v) is 4.24. The molecule has 3 rings (SSSR count). The Hall–Kier alpha value is -2.49. The predicted molar refractivity (Wildman–Crippen MR) is 90.5 cm³/mol. The first-order valence-corrected chi connectivity index (χ1v) is 8.03. The van der Waals surface area contributed by atoms with Gasteiger partial charge in [-0.2, -0.15) is 0 Å². The minimum atomic E-state index is -0.227. The third kappa shape index (κ3) is 3.65. The van der Waals surface area contributed by atoms with Gasteiger partial charge in [0.05, 0.1) is 6.04 Å². The molecule has 0 radical (unpaired) electrons. The summed E-state index contributed by atoms with van der Waals surface area (Å²) in [4.78, 5) is 16.3. The van der Waals surface area contributed by atoms with E-state index in [1.54, 1.807) is 4.90 Å². The van der Waals surface area contributed by atoms with E-state index in [1.807, 2.05) is 49.4 Å². The van der Waals surface area contributed by atoms with Crippen molar-refractivity contribution in [3.8, 4) is 0 Å². The summed E-state index contributed by atoms with van der Waals surface area (Å²) in [5.74, 6) is 0. The number of rotatable bonds is 3. The van der Waals surface area contributed by atoms with Gasteiger partial charge in [-0.15, -0.1) is 0 Å². The van der Waals surface area contributed by atoms with Crippen LogP contribution >= 0.6 is 0 Å². The standard InChI is InChI=1S/C19H22N2O2/c1-2-17-10-6-7-12-21(17)18-11-13-20(14-18)19(22)23-15-16-8-4-3-5-9-16/h2-10,12,18H,11,13-15H2,1H3. The second-order valence-corrected chi connectivity index (χ2v) is 5.75. The number of likely N-dealkylation sites (tertiary alicyclic amines) is 1. The van der Waals surface area contributed by atoms with E-state index in [0.29, 0.717) is 19.2 Å². The molecule has 0 bridgehead atoms. The average Bonchev–Trinajstić information content (AvgIpc) is 3.10. The average molecular weight is 310 g/mol. The van der Waals surface area contributed by atoms with Gasteiger partial charge in [-0.1, -0.05) is 42.5 Å². The van der Waals surface area contributed by atoms with Crippen molar-refractivity contribution in [1.29, 1.82) is 0 Å². The summed E-state index contributed by atoms with van der Waals surface area (Å²) in [6, 6.07) is 10.1. The summed E-state index contributed by atoms with van der Waals surface area (Å²) in [7, 11) is 0. The van der Waals surface area contributed by atoms with E-state index in [9.17, 15) is 4.79 Å². The predicted octanol–water partition coefficient (Wildman–Crippen LogP) is 3.69. The molecular formula is C19H22N2O2. The Labute approximate surface area is 137 Å². The highest BCUT2D eigenvalue weighted by atomic mass is 16.6. The first kappa shape index (κ1) is 15.4. The van der Waals surface area contributed by atoms with Crippen LogP contribution in [0.3, 0.4) is 0 Å². The van der Waals surface area contributed by atoms with E-state index in [0.717, 1.165) is 18.5 Å². The molecule has 2 aliphatic rings. The van der Waals surface area contributed by atoms with Gasteiger partial charge in [0, 0.05) is 25.0 Å². The van der Waals surface area contributed by atoms with Crippen LogP contribution in [0.15, 0.2) is 66.5 Å². The van der Waals surface area contributed by atoms with Crippen molar-refractivity contribution in [2.45, 2.75) is 26.0 Å². The van der Waals surface area contributed by atoms with Crippen LogP contribution in [0.5, 0.6) is 0 Å². The maximum absolute atomic E-state index is 12.2. The Balaban J connectivity index is 1.54. The number of carbonyl (C=O) groups is 1. The Kier molecular flexibility index (Phi) is 4.81. The summed E-state index contributed by atoms with van der Waals surface area (Å²) < 4.78 is 5.42. The molecule has 1 fully saturated rings. The normalized spacial score (nSPS) is 22.0. The minimum Gasteiger partial charge on any atom is -0.445 e. The fourth-order valence-corrected chi connectivity index (χ4v) is 2.99. The highest BCUT2D eigenvalue weighted by Gasteiger charge is 2.31. The van der Waals surface area contributed by atoms with Gasteiger partial charge in [0.15, 0.2) is 0 Å². The van der Waals surface area contributed by atoms with Gasteiger partial charge in [-0.25, -0.2) is 4.79 Å². The van der Waals surface area contributed by atoms with Crippen molar-refractivity contribution in [3.63, 3.8) is 0 Å². The summed E-state index contributed by atoms with van der Waals surface area (Å²) >= 11 is 0. The van der Waals surface area contributed by atoms with E-state index in [4.69, 9.17) is 4.74 Å². The topological polar surface area (TPSA) is 32.8 Å². The van der Waals surface area contributed by atoms with Crippen LogP contribution in [0.1, 0.15) is 18.9 Å². The quantitative estimate of drug-likeness (QED) is 0.853. The molecule has 2 aliphatic heterocycles. The lowest BCUT2D eigenvalue weighted by Crippen LogP contribution is -2.36. The van der Waals surface area contributed by atoms with Crippen LogP contribution < -0.4 is 0 Å². The first-order chi connectivity index (χ1) is 11.3. The van der Waals surface area contributed by atoms with Crippen LogP contribution in [0, 0.1) is 0 Å². The zero-order valence-corrected chi connectivity index (χ0v) is 13.4. The number of ether oxygens (including phenoxy) is 1. The van der Waals surface area contributed by atoms with Crippen LogP contribution in [-0.4, -0.2) is 35.0 Å². The van der Waals surface area contributed by atoms with E-state index in [2.05, 4.69) is 23.3 Å². The van der Waals surface area contributed by atoms with Gasteiger partial charge >= 0.3 is 6.09 Å². The summed E-state index contributed by atoms with van der Waals surface area (Å²) in [5, 5.41) is 0. The van der Waals surface area contributed by atoms with Crippen molar-refractivity contribution in [2.75, 3.05) is 13.1 Å². The fraction of sp³-hybridized carbons (Fsp3) is 0.316. The second kappa shape index (κ2) is 7.18. The largest absolute Gasteiger partial charge is 0.445 e. The minimum absolute atomic E-state index is 0.227. The summed E-state index contributed by atoms with van der Waals surface area (Å²) in [6.07, 6.45) is 11.1. The van der Waals surface area contributed by atoms with Gasteiger partial charge in [0.2, 0.25) is 0 Å². The Bertz CT molecular complexity index is 634. The van der Waals surface area contributed by atoms with Crippen LogP contribution in [0.2, 0.25) is 0 Å². The van der Waals surface area contributed by atoms with Gasteiger partial charge < -0.3 is 14.5 Å². The lowest BCUT2D eigenvalue weighted by Gasteiger charge is -2.30. The molecule has 1 atom stereocenters. The highest BCUT2D eigenvalue weighted by molar-refractivity contribution is 5.68.